The minimum atomic E-state index is -3.80. The summed E-state index contributed by atoms with van der Waals surface area (Å²) in [6, 6.07) is 8.08. The fourth-order valence-electron chi connectivity index (χ4n) is 1.39. The Kier molecular flexibility index (Phi) is 4.73. The predicted molar refractivity (Wildman–Crippen MR) is 81.4 cm³/mol. The van der Waals surface area contributed by atoms with E-state index in [-0.39, 0.29) is 4.90 Å². The first-order valence-electron chi connectivity index (χ1n) is 5.14. The van der Waals surface area contributed by atoms with Crippen LogP contribution in [0.25, 0.3) is 0 Å². The van der Waals surface area contributed by atoms with Crippen molar-refractivity contribution >= 4 is 51.6 Å². The molecule has 3 nitrogen and oxygen atoms in total. The largest absolute Gasteiger partial charge is 0.455 e. The summed E-state index contributed by atoms with van der Waals surface area (Å²) in [5.41, 5.74) is 0. The molecule has 0 heterocycles. The van der Waals surface area contributed by atoms with Gasteiger partial charge in [-0.25, -0.2) is 12.8 Å². The van der Waals surface area contributed by atoms with Gasteiger partial charge in [0.05, 0.1) is 13.8 Å². The second-order valence-corrected chi connectivity index (χ2v) is 7.98. The van der Waals surface area contributed by atoms with E-state index in [1.54, 1.807) is 0 Å². The topological polar surface area (TPSA) is 43.4 Å². The van der Waals surface area contributed by atoms with Crippen LogP contribution < -0.4 is 4.74 Å². The standard InChI is InChI=1S/C12H6Br2ClFO3S/c13-9-5-7(16)1-3-11(9)19-12-4-2-8(6-10(12)14)20(15,17)18/h1-6H. The molecule has 2 aromatic rings. The molecule has 2 aromatic carbocycles. The van der Waals surface area contributed by atoms with Gasteiger partial charge >= 0.3 is 0 Å². The molecule has 8 heteroatoms. The fourth-order valence-corrected chi connectivity index (χ4v) is 3.21. The van der Waals surface area contributed by atoms with Crippen LogP contribution in [0.1, 0.15) is 0 Å². The quantitative estimate of drug-likeness (QED) is 0.621. The summed E-state index contributed by atoms with van der Waals surface area (Å²) in [4.78, 5) is -0.0448. The minimum absolute atomic E-state index is 0.0448. The van der Waals surface area contributed by atoms with Crippen molar-refractivity contribution in [3.8, 4) is 11.5 Å². The molecule has 0 amide bonds. The van der Waals surface area contributed by atoms with Crippen LogP contribution in [0.3, 0.4) is 0 Å². The summed E-state index contributed by atoms with van der Waals surface area (Å²) in [6.07, 6.45) is 0. The first kappa shape index (κ1) is 15.8. The van der Waals surface area contributed by atoms with E-state index < -0.39 is 14.9 Å². The lowest BCUT2D eigenvalue weighted by atomic mass is 10.3. The van der Waals surface area contributed by atoms with E-state index in [0.29, 0.717) is 20.4 Å². The zero-order chi connectivity index (χ0) is 14.9. The highest BCUT2D eigenvalue weighted by Crippen LogP contribution is 2.35. The number of benzene rings is 2. The molecule has 0 spiro atoms. The normalized spacial score (nSPS) is 11.4. The van der Waals surface area contributed by atoms with Gasteiger partial charge in [-0.1, -0.05) is 0 Å². The summed E-state index contributed by atoms with van der Waals surface area (Å²) in [6.45, 7) is 0. The maximum atomic E-state index is 13.0. The molecule has 0 aliphatic rings. The Morgan fingerprint density at radius 2 is 1.55 bits per heavy atom. The lowest BCUT2D eigenvalue weighted by molar-refractivity contribution is 0.474. The van der Waals surface area contributed by atoms with Crippen LogP contribution in [0.4, 0.5) is 4.39 Å². The van der Waals surface area contributed by atoms with E-state index >= 15 is 0 Å². The Morgan fingerprint density at radius 1 is 1.00 bits per heavy atom. The van der Waals surface area contributed by atoms with Crippen LogP contribution in [-0.2, 0) is 9.05 Å². The second-order valence-electron chi connectivity index (χ2n) is 3.71. The Hall–Kier alpha value is -0.630. The van der Waals surface area contributed by atoms with Crippen molar-refractivity contribution in [3.05, 3.63) is 51.2 Å². The molecule has 0 saturated heterocycles. The summed E-state index contributed by atoms with van der Waals surface area (Å²) < 4.78 is 41.8. The van der Waals surface area contributed by atoms with Crippen LogP contribution in [0.2, 0.25) is 0 Å². The summed E-state index contributed by atoms with van der Waals surface area (Å²) >= 11 is 6.38. The number of hydrogen-bond donors (Lipinski definition) is 0. The molecule has 0 N–H and O–H groups in total. The molecule has 2 rings (SSSR count). The fraction of sp³-hybridized carbons (Fsp3) is 0. The van der Waals surface area contributed by atoms with Gasteiger partial charge in [-0.15, -0.1) is 0 Å². The van der Waals surface area contributed by atoms with E-state index in [1.165, 1.54) is 36.4 Å². The molecular weight excluding hydrogens is 438 g/mol. The lowest BCUT2D eigenvalue weighted by Crippen LogP contribution is -1.92. The number of hydrogen-bond acceptors (Lipinski definition) is 3. The Labute approximate surface area is 136 Å². The average molecular weight is 445 g/mol. The SMILES string of the molecule is O=S(=O)(Cl)c1ccc(Oc2ccc(F)cc2Br)c(Br)c1. The molecule has 106 valence electrons. The molecule has 0 bridgehead atoms. The molecule has 0 aliphatic carbocycles. The maximum Gasteiger partial charge on any atom is 0.261 e. The average Bonchev–Trinajstić information content (AvgIpc) is 2.33. The predicted octanol–water partition coefficient (Wildman–Crippen LogP) is 5.07. The highest BCUT2D eigenvalue weighted by Gasteiger charge is 2.14. The number of rotatable bonds is 3. The molecule has 0 unspecified atom stereocenters. The van der Waals surface area contributed by atoms with Crippen LogP contribution in [0, 0.1) is 5.82 Å². The first-order valence-corrected chi connectivity index (χ1v) is 9.04. The Morgan fingerprint density at radius 3 is 2.05 bits per heavy atom. The third-order valence-corrected chi connectivity index (χ3v) is 4.89. The summed E-state index contributed by atoms with van der Waals surface area (Å²) in [5, 5.41) is 0. The first-order chi connectivity index (χ1) is 9.27. The van der Waals surface area contributed by atoms with Gasteiger partial charge in [0.25, 0.3) is 9.05 Å². The van der Waals surface area contributed by atoms with Crippen molar-refractivity contribution in [1.29, 1.82) is 0 Å². The van der Waals surface area contributed by atoms with Gasteiger partial charge in [-0.2, -0.15) is 0 Å². The van der Waals surface area contributed by atoms with Crippen molar-refractivity contribution in [3.63, 3.8) is 0 Å². The Balaban J connectivity index is 2.35. The zero-order valence-corrected chi connectivity index (χ0v) is 14.4. The van der Waals surface area contributed by atoms with Crippen molar-refractivity contribution in [2.45, 2.75) is 4.90 Å². The molecule has 0 atom stereocenters. The van der Waals surface area contributed by atoms with Crippen LogP contribution in [-0.4, -0.2) is 8.42 Å². The molecule has 0 saturated carbocycles. The van der Waals surface area contributed by atoms with Crippen LogP contribution >= 0.6 is 42.5 Å². The van der Waals surface area contributed by atoms with Crippen molar-refractivity contribution < 1.29 is 17.5 Å². The van der Waals surface area contributed by atoms with Gasteiger partial charge in [0.15, 0.2) is 0 Å². The lowest BCUT2D eigenvalue weighted by Gasteiger charge is -2.10. The van der Waals surface area contributed by atoms with Gasteiger partial charge in [0.2, 0.25) is 0 Å². The van der Waals surface area contributed by atoms with Gasteiger partial charge in [-0.3, -0.25) is 0 Å². The third-order valence-electron chi connectivity index (χ3n) is 2.30. The number of ether oxygens (including phenoxy) is 1. The maximum absolute atomic E-state index is 13.0. The van der Waals surface area contributed by atoms with Gasteiger partial charge in [-0.05, 0) is 68.3 Å². The smallest absolute Gasteiger partial charge is 0.261 e. The van der Waals surface area contributed by atoms with Crippen LogP contribution in [0.5, 0.6) is 11.5 Å². The summed E-state index contributed by atoms with van der Waals surface area (Å²) in [7, 11) is 1.45. The molecule has 0 aromatic heterocycles. The van der Waals surface area contributed by atoms with Crippen LogP contribution in [0.15, 0.2) is 50.2 Å². The summed E-state index contributed by atoms with van der Waals surface area (Å²) in [5.74, 6) is 0.377. The zero-order valence-electron chi connectivity index (χ0n) is 9.61. The van der Waals surface area contributed by atoms with Gasteiger partial charge in [0.1, 0.15) is 17.3 Å². The monoisotopic (exact) mass is 442 g/mol. The minimum Gasteiger partial charge on any atom is -0.455 e. The van der Waals surface area contributed by atoms with E-state index in [2.05, 4.69) is 31.9 Å². The third kappa shape index (κ3) is 3.72. The highest BCUT2D eigenvalue weighted by molar-refractivity contribution is 9.11. The molecule has 0 radical (unpaired) electrons. The molecule has 0 fully saturated rings. The van der Waals surface area contributed by atoms with E-state index in [9.17, 15) is 12.8 Å². The molecule has 0 aliphatic heterocycles. The molecule has 20 heavy (non-hydrogen) atoms. The van der Waals surface area contributed by atoms with Crippen molar-refractivity contribution in [1.82, 2.24) is 0 Å². The highest BCUT2D eigenvalue weighted by atomic mass is 79.9. The Bertz CT molecular complexity index is 765. The molecular formula is C12H6Br2ClFO3S. The van der Waals surface area contributed by atoms with Gasteiger partial charge < -0.3 is 4.74 Å². The van der Waals surface area contributed by atoms with E-state index in [4.69, 9.17) is 15.4 Å². The number of halogens is 4. The van der Waals surface area contributed by atoms with E-state index in [0.717, 1.165) is 0 Å². The van der Waals surface area contributed by atoms with E-state index in [1.807, 2.05) is 0 Å². The van der Waals surface area contributed by atoms with Crippen molar-refractivity contribution in [2.24, 2.45) is 0 Å². The second kappa shape index (κ2) is 6.01. The van der Waals surface area contributed by atoms with Crippen molar-refractivity contribution in [2.75, 3.05) is 0 Å². The van der Waals surface area contributed by atoms with Gasteiger partial charge in [0, 0.05) is 10.7 Å².